The predicted molar refractivity (Wildman–Crippen MR) is 113 cm³/mol. The highest BCUT2D eigenvalue weighted by Crippen LogP contribution is 2.24. The molecule has 7 nitrogen and oxygen atoms in total. The van der Waals surface area contributed by atoms with E-state index < -0.39 is 11.5 Å². The van der Waals surface area contributed by atoms with E-state index >= 15 is 0 Å². The van der Waals surface area contributed by atoms with Gasteiger partial charge in [-0.15, -0.1) is 11.3 Å². The van der Waals surface area contributed by atoms with Crippen molar-refractivity contribution in [3.05, 3.63) is 51.3 Å². The number of benzene rings is 1. The summed E-state index contributed by atoms with van der Waals surface area (Å²) in [5, 5.41) is 6.35. The topological polar surface area (TPSA) is 84.7 Å². The van der Waals surface area contributed by atoms with Crippen LogP contribution in [-0.2, 0) is 6.54 Å². The van der Waals surface area contributed by atoms with Crippen LogP contribution < -0.4 is 20.6 Å². The molecule has 0 atom stereocenters. The molecule has 3 heterocycles. The standard InChI is InChI=1S/C21H23N3O4S/c1-13(2)27-16-6-5-14-9-17(20(26)28-18(14)10-16)19(25)22-11-15-12-29-21(23-15)24-7-3-4-8-24/h5-6,9-10,12-13H,3-4,7-8,11H2,1-2H3,(H,22,25). The predicted octanol–water partition coefficient (Wildman–Crippen LogP) is 3.57. The zero-order chi connectivity index (χ0) is 20.4. The molecule has 2 aromatic heterocycles. The Morgan fingerprint density at radius 3 is 2.86 bits per heavy atom. The molecule has 0 bridgehead atoms. The van der Waals surface area contributed by atoms with E-state index in [0.717, 1.165) is 23.9 Å². The Morgan fingerprint density at radius 2 is 2.10 bits per heavy atom. The van der Waals surface area contributed by atoms with Gasteiger partial charge in [-0.05, 0) is 44.9 Å². The SMILES string of the molecule is CC(C)Oc1ccc2cc(C(=O)NCc3csc(N4CCCC4)n3)c(=O)oc2c1. The Labute approximate surface area is 172 Å². The number of hydrogen-bond donors (Lipinski definition) is 1. The number of nitrogens with zero attached hydrogens (tertiary/aromatic N) is 2. The minimum atomic E-state index is -0.673. The quantitative estimate of drug-likeness (QED) is 0.622. The number of hydrogen-bond acceptors (Lipinski definition) is 7. The molecule has 1 aliphatic rings. The first-order chi connectivity index (χ1) is 14.0. The molecule has 0 aliphatic carbocycles. The molecule has 4 rings (SSSR count). The summed E-state index contributed by atoms with van der Waals surface area (Å²) in [6, 6.07) is 6.77. The van der Waals surface area contributed by atoms with Gasteiger partial charge in [0.25, 0.3) is 5.91 Å². The molecule has 0 radical (unpaired) electrons. The van der Waals surface area contributed by atoms with E-state index in [1.165, 1.54) is 12.8 Å². The Morgan fingerprint density at radius 1 is 1.31 bits per heavy atom. The van der Waals surface area contributed by atoms with E-state index in [0.29, 0.717) is 16.7 Å². The van der Waals surface area contributed by atoms with Crippen LogP contribution in [0.2, 0.25) is 0 Å². The van der Waals surface area contributed by atoms with Crippen LogP contribution in [0, 0.1) is 0 Å². The first kappa shape index (κ1) is 19.4. The number of nitrogens with one attached hydrogen (secondary N) is 1. The number of carbonyl (C=O) groups is 1. The summed E-state index contributed by atoms with van der Waals surface area (Å²) < 4.78 is 11.0. The molecule has 29 heavy (non-hydrogen) atoms. The summed E-state index contributed by atoms with van der Waals surface area (Å²) in [5.74, 6) is 0.143. The van der Waals surface area contributed by atoms with E-state index in [2.05, 4.69) is 15.2 Å². The molecule has 1 N–H and O–H groups in total. The van der Waals surface area contributed by atoms with Gasteiger partial charge in [-0.3, -0.25) is 4.79 Å². The van der Waals surface area contributed by atoms with Crippen LogP contribution >= 0.6 is 11.3 Å². The molecular weight excluding hydrogens is 390 g/mol. The minimum absolute atomic E-state index is 0.0147. The fourth-order valence-electron chi connectivity index (χ4n) is 3.29. The van der Waals surface area contributed by atoms with Crippen molar-refractivity contribution >= 4 is 33.3 Å². The lowest BCUT2D eigenvalue weighted by atomic mass is 10.1. The van der Waals surface area contributed by atoms with Gasteiger partial charge in [-0.25, -0.2) is 9.78 Å². The van der Waals surface area contributed by atoms with Crippen LogP contribution in [-0.4, -0.2) is 30.1 Å². The lowest BCUT2D eigenvalue weighted by Crippen LogP contribution is -2.28. The van der Waals surface area contributed by atoms with Gasteiger partial charge in [-0.1, -0.05) is 0 Å². The summed E-state index contributed by atoms with van der Waals surface area (Å²) in [5.41, 5.74) is 0.475. The molecule has 1 aliphatic heterocycles. The van der Waals surface area contributed by atoms with Crippen molar-refractivity contribution in [3.63, 3.8) is 0 Å². The van der Waals surface area contributed by atoms with Crippen LogP contribution in [0.15, 0.2) is 38.9 Å². The molecule has 0 saturated carbocycles. The largest absolute Gasteiger partial charge is 0.491 e. The zero-order valence-electron chi connectivity index (χ0n) is 16.4. The Balaban J connectivity index is 1.46. The van der Waals surface area contributed by atoms with Crippen molar-refractivity contribution in [1.82, 2.24) is 10.3 Å². The van der Waals surface area contributed by atoms with Gasteiger partial charge < -0.3 is 19.4 Å². The fraction of sp³-hybridized carbons (Fsp3) is 0.381. The molecule has 1 fully saturated rings. The Kier molecular flexibility index (Phi) is 5.53. The first-order valence-corrected chi connectivity index (χ1v) is 10.6. The van der Waals surface area contributed by atoms with E-state index in [4.69, 9.17) is 9.15 Å². The smallest absolute Gasteiger partial charge is 0.349 e. The van der Waals surface area contributed by atoms with Crippen molar-refractivity contribution in [2.45, 2.75) is 39.3 Å². The number of rotatable bonds is 6. The fourth-order valence-corrected chi connectivity index (χ4v) is 4.17. The van der Waals surface area contributed by atoms with Crippen molar-refractivity contribution in [2.24, 2.45) is 0 Å². The monoisotopic (exact) mass is 413 g/mol. The summed E-state index contributed by atoms with van der Waals surface area (Å²) >= 11 is 1.58. The number of ether oxygens (including phenoxy) is 1. The highest BCUT2D eigenvalue weighted by atomic mass is 32.1. The van der Waals surface area contributed by atoms with E-state index in [9.17, 15) is 9.59 Å². The van der Waals surface area contributed by atoms with Gasteiger partial charge in [0, 0.05) is 29.9 Å². The second kappa shape index (κ2) is 8.24. The highest BCUT2D eigenvalue weighted by Gasteiger charge is 2.17. The Bertz CT molecular complexity index is 1080. The van der Waals surface area contributed by atoms with Gasteiger partial charge >= 0.3 is 5.63 Å². The van der Waals surface area contributed by atoms with Gasteiger partial charge in [0.05, 0.1) is 18.3 Å². The normalized spacial score (nSPS) is 14.0. The van der Waals surface area contributed by atoms with Crippen molar-refractivity contribution < 1.29 is 13.9 Å². The first-order valence-electron chi connectivity index (χ1n) is 9.72. The molecule has 1 amide bonds. The third kappa shape index (κ3) is 4.42. The zero-order valence-corrected chi connectivity index (χ0v) is 17.3. The van der Waals surface area contributed by atoms with Crippen LogP contribution in [0.3, 0.4) is 0 Å². The Hall–Kier alpha value is -2.87. The van der Waals surface area contributed by atoms with Crippen LogP contribution in [0.5, 0.6) is 5.75 Å². The van der Waals surface area contributed by atoms with Gasteiger partial charge in [0.1, 0.15) is 16.9 Å². The number of carbonyl (C=O) groups excluding carboxylic acids is 1. The van der Waals surface area contributed by atoms with Gasteiger partial charge in [0.15, 0.2) is 5.13 Å². The summed E-state index contributed by atoms with van der Waals surface area (Å²) in [6.45, 7) is 6.17. The summed E-state index contributed by atoms with van der Waals surface area (Å²) in [7, 11) is 0. The molecule has 8 heteroatoms. The number of amides is 1. The third-order valence-electron chi connectivity index (χ3n) is 4.67. The maximum atomic E-state index is 12.5. The molecule has 0 spiro atoms. The second-order valence-corrected chi connectivity index (χ2v) is 8.15. The maximum Gasteiger partial charge on any atom is 0.349 e. The van der Waals surface area contributed by atoms with Crippen molar-refractivity contribution in [2.75, 3.05) is 18.0 Å². The van der Waals surface area contributed by atoms with Gasteiger partial charge in [-0.2, -0.15) is 0 Å². The van der Waals surface area contributed by atoms with E-state index in [1.807, 2.05) is 19.2 Å². The molecule has 3 aromatic rings. The number of anilines is 1. The van der Waals surface area contributed by atoms with Crippen LogP contribution in [0.4, 0.5) is 5.13 Å². The highest BCUT2D eigenvalue weighted by molar-refractivity contribution is 7.13. The third-order valence-corrected chi connectivity index (χ3v) is 5.62. The maximum absolute atomic E-state index is 12.5. The van der Waals surface area contributed by atoms with E-state index in [-0.39, 0.29) is 18.2 Å². The average molecular weight is 413 g/mol. The lowest BCUT2D eigenvalue weighted by Gasteiger charge is -2.12. The van der Waals surface area contributed by atoms with Gasteiger partial charge in [0.2, 0.25) is 0 Å². The summed E-state index contributed by atoms with van der Waals surface area (Å²) in [4.78, 5) is 31.7. The number of thiazole rings is 1. The minimum Gasteiger partial charge on any atom is -0.491 e. The van der Waals surface area contributed by atoms with Crippen LogP contribution in [0.1, 0.15) is 42.7 Å². The van der Waals surface area contributed by atoms with Crippen molar-refractivity contribution in [1.29, 1.82) is 0 Å². The van der Waals surface area contributed by atoms with Crippen molar-refractivity contribution in [3.8, 4) is 5.75 Å². The molecule has 152 valence electrons. The molecule has 1 aromatic carbocycles. The molecular formula is C21H23N3O4S. The molecule has 0 unspecified atom stereocenters. The van der Waals surface area contributed by atoms with Crippen LogP contribution in [0.25, 0.3) is 11.0 Å². The summed E-state index contributed by atoms with van der Waals surface area (Å²) in [6.07, 6.45) is 2.39. The lowest BCUT2D eigenvalue weighted by molar-refractivity contribution is 0.0947. The molecule has 1 saturated heterocycles. The van der Waals surface area contributed by atoms with E-state index in [1.54, 1.807) is 35.6 Å². The number of fused-ring (bicyclic) bond motifs is 1. The average Bonchev–Trinajstić information content (AvgIpc) is 3.36. The second-order valence-electron chi connectivity index (χ2n) is 7.31. The number of aromatic nitrogens is 1.